The van der Waals surface area contributed by atoms with Crippen LogP contribution in [0.4, 0.5) is 0 Å². The number of hydrogen-bond acceptors (Lipinski definition) is 6. The van der Waals surface area contributed by atoms with Crippen molar-refractivity contribution < 1.29 is 29.6 Å². The fraction of sp³-hybridized carbons (Fsp3) is 0.278. The van der Waals surface area contributed by atoms with E-state index >= 15 is 0 Å². The molecule has 0 heterocycles. The summed E-state index contributed by atoms with van der Waals surface area (Å²) in [5.41, 5.74) is 1.47. The Balaban J connectivity index is 1.74. The minimum absolute atomic E-state index is 0.0644. The number of benzene rings is 2. The van der Waals surface area contributed by atoms with E-state index in [1.165, 1.54) is 18.2 Å². The molecule has 1 atom stereocenters. The largest absolute Gasteiger partial charge is 0.508 e. The Kier molecular flexibility index (Phi) is 6.03. The zero-order chi connectivity index (χ0) is 17.5. The van der Waals surface area contributed by atoms with Crippen molar-refractivity contribution in [2.75, 3.05) is 13.2 Å². The molecular formula is C18H20O6. The maximum Gasteiger partial charge on any atom is 0.344 e. The Labute approximate surface area is 139 Å². The lowest BCUT2D eigenvalue weighted by molar-refractivity contribution is -0.148. The molecule has 2 aromatic rings. The number of esters is 1. The molecule has 6 nitrogen and oxygen atoms in total. The molecule has 3 N–H and O–H groups in total. The number of rotatable bonds is 7. The van der Waals surface area contributed by atoms with Gasteiger partial charge in [0.15, 0.2) is 6.61 Å². The van der Waals surface area contributed by atoms with Crippen LogP contribution in [0.25, 0.3) is 0 Å². The van der Waals surface area contributed by atoms with Crippen LogP contribution in [-0.4, -0.2) is 40.6 Å². The van der Waals surface area contributed by atoms with Gasteiger partial charge in [-0.3, -0.25) is 0 Å². The molecule has 0 aliphatic carbocycles. The summed E-state index contributed by atoms with van der Waals surface area (Å²) in [5.74, 6) is -0.208. The molecule has 0 saturated heterocycles. The summed E-state index contributed by atoms with van der Waals surface area (Å²) in [6, 6.07) is 11.4. The molecule has 6 heteroatoms. The predicted octanol–water partition coefficient (Wildman–Crippen LogP) is 1.93. The zero-order valence-corrected chi connectivity index (χ0v) is 13.3. The van der Waals surface area contributed by atoms with Gasteiger partial charge in [-0.05, 0) is 36.2 Å². The molecular weight excluding hydrogens is 312 g/mol. The maximum absolute atomic E-state index is 11.6. The number of hydrogen-bond donors (Lipinski definition) is 3. The second-order valence-electron chi connectivity index (χ2n) is 5.46. The first-order chi connectivity index (χ1) is 11.4. The van der Waals surface area contributed by atoms with Crippen molar-refractivity contribution in [3.05, 3.63) is 53.6 Å². The molecule has 0 aliphatic heterocycles. The van der Waals surface area contributed by atoms with Crippen molar-refractivity contribution in [2.24, 2.45) is 0 Å². The summed E-state index contributed by atoms with van der Waals surface area (Å²) in [4.78, 5) is 11.6. The van der Waals surface area contributed by atoms with Crippen molar-refractivity contribution in [2.45, 2.75) is 19.4 Å². The Morgan fingerprint density at radius 3 is 2.67 bits per heavy atom. The summed E-state index contributed by atoms with van der Waals surface area (Å²) >= 11 is 0. The Morgan fingerprint density at radius 2 is 1.96 bits per heavy atom. The molecule has 0 aliphatic rings. The molecule has 2 aromatic carbocycles. The first kappa shape index (κ1) is 17.6. The van der Waals surface area contributed by atoms with Crippen LogP contribution in [0, 0.1) is 6.92 Å². The SMILES string of the molecule is Cc1cccc(OCC(=O)OC[C@H](O)Cc2ccc(O)cc2O)c1. The van der Waals surface area contributed by atoms with E-state index in [0.29, 0.717) is 11.3 Å². The van der Waals surface area contributed by atoms with Gasteiger partial charge in [0.05, 0.1) is 6.10 Å². The number of aliphatic hydroxyl groups excluding tert-OH is 1. The Hall–Kier alpha value is -2.73. The van der Waals surface area contributed by atoms with E-state index in [2.05, 4.69) is 0 Å². The quantitative estimate of drug-likeness (QED) is 0.671. The summed E-state index contributed by atoms with van der Waals surface area (Å²) in [6.07, 6.45) is -0.874. The third kappa shape index (κ3) is 5.48. The van der Waals surface area contributed by atoms with Gasteiger partial charge in [0.1, 0.15) is 23.9 Å². The second-order valence-corrected chi connectivity index (χ2v) is 5.46. The molecule has 0 unspecified atom stereocenters. The predicted molar refractivity (Wildman–Crippen MR) is 87.1 cm³/mol. The standard InChI is InChI=1S/C18H20O6/c1-12-3-2-4-16(7-12)23-11-18(22)24-10-15(20)8-13-5-6-14(19)9-17(13)21/h2-7,9,15,19-21H,8,10-11H2,1H3/t15-/m1/s1. The highest BCUT2D eigenvalue weighted by molar-refractivity contribution is 5.71. The van der Waals surface area contributed by atoms with Crippen LogP contribution in [0.2, 0.25) is 0 Å². The second kappa shape index (κ2) is 8.21. The Bertz CT molecular complexity index is 698. The lowest BCUT2D eigenvalue weighted by Crippen LogP contribution is -2.23. The zero-order valence-electron chi connectivity index (χ0n) is 13.3. The smallest absolute Gasteiger partial charge is 0.344 e. The molecule has 0 radical (unpaired) electrons. The summed E-state index contributed by atoms with van der Waals surface area (Å²) in [5, 5.41) is 28.7. The number of phenols is 2. The lowest BCUT2D eigenvalue weighted by atomic mass is 10.1. The van der Waals surface area contributed by atoms with Crippen LogP contribution in [0.5, 0.6) is 17.2 Å². The molecule has 24 heavy (non-hydrogen) atoms. The van der Waals surface area contributed by atoms with Crippen LogP contribution in [-0.2, 0) is 16.0 Å². The number of aryl methyl sites for hydroxylation is 1. The number of aliphatic hydroxyl groups is 1. The van der Waals surface area contributed by atoms with E-state index in [4.69, 9.17) is 9.47 Å². The van der Waals surface area contributed by atoms with Gasteiger partial charge in [-0.15, -0.1) is 0 Å². The van der Waals surface area contributed by atoms with Crippen molar-refractivity contribution in [1.29, 1.82) is 0 Å². The summed E-state index contributed by atoms with van der Waals surface area (Å²) in [6.45, 7) is 1.46. The number of aromatic hydroxyl groups is 2. The van der Waals surface area contributed by atoms with Crippen molar-refractivity contribution >= 4 is 5.97 Å². The summed E-state index contributed by atoms with van der Waals surface area (Å²) < 4.78 is 10.3. The third-order valence-electron chi connectivity index (χ3n) is 3.31. The number of carbonyl (C=O) groups excluding carboxylic acids is 1. The first-order valence-electron chi connectivity index (χ1n) is 7.48. The molecule has 0 saturated carbocycles. The van der Waals surface area contributed by atoms with Gasteiger partial charge < -0.3 is 24.8 Å². The number of carbonyl (C=O) groups is 1. The van der Waals surface area contributed by atoms with Gasteiger partial charge in [0, 0.05) is 12.5 Å². The van der Waals surface area contributed by atoms with E-state index in [1.807, 2.05) is 19.1 Å². The molecule has 0 fully saturated rings. The van der Waals surface area contributed by atoms with Gasteiger partial charge in [-0.1, -0.05) is 18.2 Å². The monoisotopic (exact) mass is 332 g/mol. The van der Waals surface area contributed by atoms with Gasteiger partial charge in [0.2, 0.25) is 0 Å². The minimum atomic E-state index is -0.969. The molecule has 2 rings (SSSR count). The van der Waals surface area contributed by atoms with Crippen LogP contribution in [0.3, 0.4) is 0 Å². The molecule has 128 valence electrons. The average molecular weight is 332 g/mol. The first-order valence-corrected chi connectivity index (χ1v) is 7.48. The highest BCUT2D eigenvalue weighted by Gasteiger charge is 2.13. The third-order valence-corrected chi connectivity index (χ3v) is 3.31. The highest BCUT2D eigenvalue weighted by atomic mass is 16.6. The molecule has 0 spiro atoms. The van der Waals surface area contributed by atoms with Gasteiger partial charge in [-0.25, -0.2) is 4.79 Å². The van der Waals surface area contributed by atoms with E-state index in [-0.39, 0.29) is 31.1 Å². The van der Waals surface area contributed by atoms with Gasteiger partial charge in [0.25, 0.3) is 0 Å². The summed E-state index contributed by atoms with van der Waals surface area (Å²) in [7, 11) is 0. The average Bonchev–Trinajstić information content (AvgIpc) is 2.54. The fourth-order valence-corrected chi connectivity index (χ4v) is 2.12. The van der Waals surface area contributed by atoms with Crippen molar-refractivity contribution in [1.82, 2.24) is 0 Å². The topological polar surface area (TPSA) is 96.2 Å². The molecule has 0 amide bonds. The normalized spacial score (nSPS) is 11.8. The maximum atomic E-state index is 11.6. The Morgan fingerprint density at radius 1 is 1.17 bits per heavy atom. The number of phenolic OH excluding ortho intramolecular Hbond substituents is 2. The van der Waals surface area contributed by atoms with E-state index in [0.717, 1.165) is 5.56 Å². The van der Waals surface area contributed by atoms with Crippen molar-refractivity contribution in [3.63, 3.8) is 0 Å². The molecule has 0 aromatic heterocycles. The molecule has 0 bridgehead atoms. The highest BCUT2D eigenvalue weighted by Crippen LogP contribution is 2.23. The van der Waals surface area contributed by atoms with E-state index in [1.54, 1.807) is 12.1 Å². The lowest BCUT2D eigenvalue weighted by Gasteiger charge is -2.13. The van der Waals surface area contributed by atoms with Crippen LogP contribution in [0.1, 0.15) is 11.1 Å². The van der Waals surface area contributed by atoms with E-state index in [9.17, 15) is 20.1 Å². The van der Waals surface area contributed by atoms with Crippen LogP contribution >= 0.6 is 0 Å². The van der Waals surface area contributed by atoms with Gasteiger partial charge in [-0.2, -0.15) is 0 Å². The number of ether oxygens (including phenoxy) is 2. The van der Waals surface area contributed by atoms with E-state index < -0.39 is 12.1 Å². The van der Waals surface area contributed by atoms with Crippen molar-refractivity contribution in [3.8, 4) is 17.2 Å². The fourth-order valence-electron chi connectivity index (χ4n) is 2.12. The van der Waals surface area contributed by atoms with Gasteiger partial charge >= 0.3 is 5.97 Å². The minimum Gasteiger partial charge on any atom is -0.508 e. The van der Waals surface area contributed by atoms with Crippen LogP contribution < -0.4 is 4.74 Å². The van der Waals surface area contributed by atoms with Crippen LogP contribution in [0.15, 0.2) is 42.5 Å².